The van der Waals surface area contributed by atoms with E-state index in [1.807, 2.05) is 4.90 Å². The number of anilines is 1. The highest BCUT2D eigenvalue weighted by Gasteiger charge is 2.50. The van der Waals surface area contributed by atoms with Crippen molar-refractivity contribution < 1.29 is 14.7 Å². The number of carboxylic acid groups (broad SMARTS) is 1. The van der Waals surface area contributed by atoms with Crippen LogP contribution in [0.15, 0.2) is 18.2 Å². The van der Waals surface area contributed by atoms with Crippen LogP contribution in [0.4, 0.5) is 5.69 Å². The number of benzene rings is 1. The first-order valence-electron chi connectivity index (χ1n) is 10.4. The van der Waals surface area contributed by atoms with E-state index in [2.05, 4.69) is 42.0 Å². The lowest BCUT2D eigenvalue weighted by molar-refractivity contribution is -0.132. The Bertz CT molecular complexity index is 1000. The molecule has 1 aromatic carbocycles. The van der Waals surface area contributed by atoms with Gasteiger partial charge >= 0.3 is 5.97 Å². The van der Waals surface area contributed by atoms with Crippen LogP contribution in [0.5, 0.6) is 0 Å². The van der Waals surface area contributed by atoms with Gasteiger partial charge in [-0.15, -0.1) is 0 Å². The molecule has 7 nitrogen and oxygen atoms in total. The third-order valence-electron chi connectivity index (χ3n) is 6.88. The summed E-state index contributed by atoms with van der Waals surface area (Å²) in [5.41, 5.74) is 5.81. The van der Waals surface area contributed by atoms with Gasteiger partial charge in [0.1, 0.15) is 6.54 Å². The van der Waals surface area contributed by atoms with E-state index in [0.29, 0.717) is 24.9 Å². The second kappa shape index (κ2) is 6.61. The fraction of sp³-hybridized carbons (Fsp3) is 0.500. The molecule has 2 atom stereocenters. The van der Waals surface area contributed by atoms with Crippen LogP contribution in [0.2, 0.25) is 0 Å². The molecule has 0 spiro atoms. The molecule has 1 amide bonds. The summed E-state index contributed by atoms with van der Waals surface area (Å²) in [6.07, 6.45) is 1.92. The number of carboxylic acids is 1. The molecular weight excluding hydrogens is 368 g/mol. The maximum Gasteiger partial charge on any atom is 0.356 e. The summed E-state index contributed by atoms with van der Waals surface area (Å²) in [7, 11) is 0. The summed E-state index contributed by atoms with van der Waals surface area (Å²) in [6.45, 7) is 7.36. The Hall–Kier alpha value is -2.83. The maximum absolute atomic E-state index is 12.9. The lowest BCUT2D eigenvalue weighted by atomic mass is 10.1. The Balaban J connectivity index is 1.27. The first-order valence-corrected chi connectivity index (χ1v) is 10.4. The van der Waals surface area contributed by atoms with Gasteiger partial charge in [-0.3, -0.25) is 9.48 Å². The zero-order valence-corrected chi connectivity index (χ0v) is 16.9. The molecule has 0 radical (unpaired) electrons. The summed E-state index contributed by atoms with van der Waals surface area (Å²) >= 11 is 0. The number of hydrogen-bond donors (Lipinski definition) is 1. The summed E-state index contributed by atoms with van der Waals surface area (Å²) in [4.78, 5) is 28.7. The van der Waals surface area contributed by atoms with Crippen LogP contribution in [-0.4, -0.2) is 57.8 Å². The SMILES string of the molecule is Cc1cccc(N2CCN(C(=O)Cn3nc(C(=O)O)c4c3CC3CC43)CC2)c1C. The van der Waals surface area contributed by atoms with Crippen LogP contribution in [0.25, 0.3) is 0 Å². The summed E-state index contributed by atoms with van der Waals surface area (Å²) in [5.74, 6) is -0.0554. The van der Waals surface area contributed by atoms with Crippen molar-refractivity contribution in [1.29, 1.82) is 0 Å². The van der Waals surface area contributed by atoms with Gasteiger partial charge in [-0.1, -0.05) is 12.1 Å². The Labute approximate surface area is 169 Å². The van der Waals surface area contributed by atoms with Crippen LogP contribution in [-0.2, 0) is 17.8 Å². The molecule has 2 unspecified atom stereocenters. The van der Waals surface area contributed by atoms with E-state index in [0.717, 1.165) is 37.2 Å². The van der Waals surface area contributed by atoms with Crippen molar-refractivity contribution in [2.45, 2.75) is 39.2 Å². The predicted molar refractivity (Wildman–Crippen MR) is 108 cm³/mol. The molecule has 152 valence electrons. The second-order valence-corrected chi connectivity index (χ2v) is 8.57. The predicted octanol–water partition coefficient (Wildman–Crippen LogP) is 2.21. The van der Waals surface area contributed by atoms with E-state index in [1.54, 1.807) is 4.68 Å². The Morgan fingerprint density at radius 1 is 1.17 bits per heavy atom. The monoisotopic (exact) mass is 394 g/mol. The van der Waals surface area contributed by atoms with Crippen molar-refractivity contribution >= 4 is 17.6 Å². The molecule has 1 aliphatic heterocycles. The molecule has 2 heterocycles. The molecule has 2 fully saturated rings. The molecule has 1 aromatic heterocycles. The van der Waals surface area contributed by atoms with Crippen molar-refractivity contribution in [1.82, 2.24) is 14.7 Å². The fourth-order valence-corrected chi connectivity index (χ4v) is 4.98. The van der Waals surface area contributed by atoms with Crippen LogP contribution >= 0.6 is 0 Å². The molecule has 7 heteroatoms. The van der Waals surface area contributed by atoms with Gasteiger partial charge in [0.05, 0.1) is 0 Å². The number of nitrogens with zero attached hydrogens (tertiary/aromatic N) is 4. The smallest absolute Gasteiger partial charge is 0.356 e. The number of fused-ring (bicyclic) bond motifs is 3. The minimum Gasteiger partial charge on any atom is -0.476 e. The van der Waals surface area contributed by atoms with Gasteiger partial charge in [-0.2, -0.15) is 5.10 Å². The standard InChI is InChI=1S/C22H26N4O3/c1-13-4-3-5-17(14(13)2)24-6-8-25(9-7-24)19(27)12-26-18-11-15-10-16(15)20(18)21(23-26)22(28)29/h3-5,15-16H,6-12H2,1-2H3,(H,28,29). The van der Waals surface area contributed by atoms with Gasteiger partial charge < -0.3 is 14.9 Å². The van der Waals surface area contributed by atoms with Crippen molar-refractivity contribution in [3.63, 3.8) is 0 Å². The molecular formula is C22H26N4O3. The van der Waals surface area contributed by atoms with Crippen LogP contribution in [0, 0.1) is 19.8 Å². The topological polar surface area (TPSA) is 78.7 Å². The summed E-state index contributed by atoms with van der Waals surface area (Å²) < 4.78 is 1.66. The Morgan fingerprint density at radius 2 is 1.93 bits per heavy atom. The number of hydrogen-bond acceptors (Lipinski definition) is 4. The minimum absolute atomic E-state index is 0.0217. The van der Waals surface area contributed by atoms with Gasteiger partial charge in [-0.25, -0.2) is 4.79 Å². The zero-order valence-electron chi connectivity index (χ0n) is 16.9. The van der Waals surface area contributed by atoms with E-state index in [4.69, 9.17) is 0 Å². The second-order valence-electron chi connectivity index (χ2n) is 8.57. The number of amides is 1. The third-order valence-corrected chi connectivity index (χ3v) is 6.88. The summed E-state index contributed by atoms with van der Waals surface area (Å²) in [6, 6.07) is 6.35. The Kier molecular flexibility index (Phi) is 4.15. The molecule has 2 aliphatic carbocycles. The lowest BCUT2D eigenvalue weighted by Gasteiger charge is -2.37. The van der Waals surface area contributed by atoms with Gasteiger partial charge in [0.25, 0.3) is 0 Å². The zero-order chi connectivity index (χ0) is 20.3. The van der Waals surface area contributed by atoms with Crippen LogP contribution in [0.3, 0.4) is 0 Å². The van der Waals surface area contributed by atoms with Crippen molar-refractivity contribution in [3.05, 3.63) is 46.3 Å². The van der Waals surface area contributed by atoms with Crippen LogP contribution < -0.4 is 4.90 Å². The number of carbonyl (C=O) groups is 2. The maximum atomic E-state index is 12.9. The van der Waals surface area contributed by atoms with Crippen molar-refractivity contribution in [3.8, 4) is 0 Å². The van der Waals surface area contributed by atoms with Gasteiger partial charge in [0, 0.05) is 43.1 Å². The van der Waals surface area contributed by atoms with Crippen molar-refractivity contribution in [2.75, 3.05) is 31.1 Å². The average molecular weight is 394 g/mol. The van der Waals surface area contributed by atoms with E-state index in [1.165, 1.54) is 16.8 Å². The third kappa shape index (κ3) is 2.99. The average Bonchev–Trinajstić information content (AvgIpc) is 3.23. The number of rotatable bonds is 4. The Morgan fingerprint density at radius 3 is 2.66 bits per heavy atom. The summed E-state index contributed by atoms with van der Waals surface area (Å²) in [5, 5.41) is 13.8. The normalized spacial score (nSPS) is 22.4. The van der Waals surface area contributed by atoms with Gasteiger partial charge in [0.2, 0.25) is 5.91 Å². The molecule has 2 aromatic rings. The van der Waals surface area contributed by atoms with E-state index >= 15 is 0 Å². The highest BCUT2D eigenvalue weighted by Crippen LogP contribution is 2.57. The molecule has 1 saturated carbocycles. The first kappa shape index (κ1) is 18.2. The number of aryl methyl sites for hydroxylation is 1. The van der Waals surface area contributed by atoms with Gasteiger partial charge in [-0.05, 0) is 55.7 Å². The molecule has 29 heavy (non-hydrogen) atoms. The molecule has 1 N–H and O–H groups in total. The lowest BCUT2D eigenvalue weighted by Crippen LogP contribution is -2.50. The highest BCUT2D eigenvalue weighted by molar-refractivity contribution is 5.88. The van der Waals surface area contributed by atoms with E-state index in [-0.39, 0.29) is 18.1 Å². The highest BCUT2D eigenvalue weighted by atomic mass is 16.4. The van der Waals surface area contributed by atoms with Crippen LogP contribution in [0.1, 0.15) is 45.2 Å². The molecule has 0 bridgehead atoms. The number of aromatic carboxylic acids is 1. The first-order chi connectivity index (χ1) is 13.9. The number of piperazine rings is 1. The quantitative estimate of drug-likeness (QED) is 0.860. The number of carbonyl (C=O) groups excluding carboxylic acids is 1. The molecule has 5 rings (SSSR count). The number of aromatic nitrogens is 2. The molecule has 1 saturated heterocycles. The fourth-order valence-electron chi connectivity index (χ4n) is 4.98. The minimum atomic E-state index is -0.984. The van der Waals surface area contributed by atoms with E-state index in [9.17, 15) is 14.7 Å². The van der Waals surface area contributed by atoms with Gasteiger partial charge in [0.15, 0.2) is 5.69 Å². The van der Waals surface area contributed by atoms with Crippen molar-refractivity contribution in [2.24, 2.45) is 5.92 Å². The largest absolute Gasteiger partial charge is 0.476 e. The van der Waals surface area contributed by atoms with E-state index < -0.39 is 5.97 Å². The molecule has 3 aliphatic rings.